The van der Waals surface area contributed by atoms with Gasteiger partial charge in [-0.1, -0.05) is 6.07 Å². The molecule has 5 nitrogen and oxygen atoms in total. The Hall–Kier alpha value is -1.62. The molecule has 1 unspecified atom stereocenters. The van der Waals surface area contributed by atoms with Crippen LogP contribution in [0.5, 0.6) is 0 Å². The molecule has 0 radical (unpaired) electrons. The lowest BCUT2D eigenvalue weighted by atomic mass is 9.95. The molecule has 0 fully saturated rings. The second-order valence-corrected chi connectivity index (χ2v) is 5.99. The molecule has 0 spiro atoms. The summed E-state index contributed by atoms with van der Waals surface area (Å²) in [5.41, 5.74) is -1.15. The second-order valence-electron chi connectivity index (χ2n) is 5.99. The molecule has 1 amide bonds. The second kappa shape index (κ2) is 5.57. The highest BCUT2D eigenvalue weighted by Gasteiger charge is 2.32. The number of aliphatic hydroxyl groups is 1. The molecule has 1 aromatic rings. The lowest BCUT2D eigenvalue weighted by molar-refractivity contribution is 0.0153. The summed E-state index contributed by atoms with van der Waals surface area (Å²) < 4.78 is 5.20. The van der Waals surface area contributed by atoms with Crippen molar-refractivity contribution in [2.75, 3.05) is 0 Å². The molecule has 1 atom stereocenters. The van der Waals surface area contributed by atoms with E-state index < -0.39 is 23.3 Å². The summed E-state index contributed by atoms with van der Waals surface area (Å²) in [6.07, 6.45) is 1.04. The highest BCUT2D eigenvalue weighted by Crippen LogP contribution is 2.24. The maximum atomic E-state index is 11.8. The molecule has 0 saturated carbocycles. The molecule has 1 heterocycles. The van der Waals surface area contributed by atoms with Crippen molar-refractivity contribution in [1.29, 1.82) is 0 Å². The molecule has 0 aromatic carbocycles. The van der Waals surface area contributed by atoms with Gasteiger partial charge in [0.2, 0.25) is 0 Å². The maximum Gasteiger partial charge on any atom is 0.408 e. The summed E-state index contributed by atoms with van der Waals surface area (Å²) in [5, 5.41) is 12.8. The number of nitrogens with zero attached hydrogens (tertiary/aromatic N) is 1. The fourth-order valence-electron chi connectivity index (χ4n) is 1.58. The van der Waals surface area contributed by atoms with E-state index in [2.05, 4.69) is 10.3 Å². The average Bonchev–Trinajstić information content (AvgIpc) is 2.23. The van der Waals surface area contributed by atoms with Crippen molar-refractivity contribution in [1.82, 2.24) is 10.3 Å². The fraction of sp³-hybridized carbons (Fsp3) is 0.571. The quantitative estimate of drug-likeness (QED) is 0.881. The molecule has 1 rings (SSSR count). The van der Waals surface area contributed by atoms with E-state index in [-0.39, 0.29) is 0 Å². The summed E-state index contributed by atoms with van der Waals surface area (Å²) in [6, 6.07) is 4.69. The number of amides is 1. The van der Waals surface area contributed by atoms with E-state index in [1.165, 1.54) is 0 Å². The van der Waals surface area contributed by atoms with Crippen LogP contribution in [-0.2, 0) is 4.74 Å². The van der Waals surface area contributed by atoms with E-state index >= 15 is 0 Å². The van der Waals surface area contributed by atoms with E-state index in [9.17, 15) is 9.90 Å². The molecule has 1 aromatic heterocycles. The summed E-state index contributed by atoms with van der Waals surface area (Å²) in [4.78, 5) is 16.0. The van der Waals surface area contributed by atoms with Crippen LogP contribution < -0.4 is 5.32 Å². The number of alkyl carbamates (subject to hydrolysis) is 1. The molecular formula is C14H22N2O3. The van der Waals surface area contributed by atoms with Crippen molar-refractivity contribution in [3.05, 3.63) is 30.1 Å². The molecule has 0 saturated heterocycles. The number of hydrogen-bond donors (Lipinski definition) is 2. The Morgan fingerprint density at radius 1 is 1.32 bits per heavy atom. The third-order valence-electron chi connectivity index (χ3n) is 2.35. The van der Waals surface area contributed by atoms with Crippen molar-refractivity contribution >= 4 is 6.09 Å². The fourth-order valence-corrected chi connectivity index (χ4v) is 1.58. The van der Waals surface area contributed by atoms with Gasteiger partial charge in [-0.05, 0) is 46.8 Å². The predicted molar refractivity (Wildman–Crippen MR) is 72.6 cm³/mol. The summed E-state index contributed by atoms with van der Waals surface area (Å²) in [7, 11) is 0. The van der Waals surface area contributed by atoms with Gasteiger partial charge in [0.25, 0.3) is 0 Å². The van der Waals surface area contributed by atoms with Gasteiger partial charge in [-0.3, -0.25) is 4.98 Å². The monoisotopic (exact) mass is 266 g/mol. The van der Waals surface area contributed by atoms with E-state index in [1.807, 2.05) is 0 Å². The first kappa shape index (κ1) is 15.4. The van der Waals surface area contributed by atoms with Crippen LogP contribution in [-0.4, -0.2) is 27.4 Å². The Morgan fingerprint density at radius 3 is 2.37 bits per heavy atom. The van der Waals surface area contributed by atoms with Crippen molar-refractivity contribution in [2.45, 2.75) is 51.9 Å². The predicted octanol–water partition coefficient (Wildman–Crippen LogP) is 2.42. The third kappa shape index (κ3) is 5.26. The Labute approximate surface area is 114 Å². The molecule has 19 heavy (non-hydrogen) atoms. The van der Waals surface area contributed by atoms with E-state index in [4.69, 9.17) is 4.74 Å². The minimum absolute atomic E-state index is 0.578. The summed E-state index contributed by atoms with van der Waals surface area (Å²) in [6.45, 7) is 8.58. The van der Waals surface area contributed by atoms with E-state index in [0.29, 0.717) is 5.69 Å². The molecule has 2 N–H and O–H groups in total. The Bertz CT molecular complexity index is 419. The topological polar surface area (TPSA) is 71.5 Å². The number of ether oxygens (including phenoxy) is 1. The van der Waals surface area contributed by atoms with Crippen LogP contribution in [0.2, 0.25) is 0 Å². The van der Waals surface area contributed by atoms with Gasteiger partial charge in [-0.25, -0.2) is 4.79 Å². The molecule has 0 aliphatic rings. The summed E-state index contributed by atoms with van der Waals surface area (Å²) in [5.74, 6) is 0. The zero-order chi connectivity index (χ0) is 14.7. The number of nitrogens with one attached hydrogen (secondary N) is 1. The number of carbonyl (C=O) groups is 1. The Morgan fingerprint density at radius 2 is 1.95 bits per heavy atom. The molecule has 0 aliphatic carbocycles. The normalized spacial score (nSPS) is 13.8. The highest BCUT2D eigenvalue weighted by molar-refractivity contribution is 5.68. The largest absolute Gasteiger partial charge is 0.444 e. The van der Waals surface area contributed by atoms with Crippen molar-refractivity contribution in [2.24, 2.45) is 0 Å². The number of pyridine rings is 1. The average molecular weight is 266 g/mol. The van der Waals surface area contributed by atoms with Crippen LogP contribution in [0.1, 0.15) is 46.4 Å². The Balaban J connectivity index is 2.87. The highest BCUT2D eigenvalue weighted by atomic mass is 16.6. The smallest absolute Gasteiger partial charge is 0.408 e. The van der Waals surface area contributed by atoms with Crippen LogP contribution in [0.3, 0.4) is 0 Å². The SMILES string of the molecule is CC(C)(C)OC(=O)NC(c1ccccn1)C(C)(C)O. The van der Waals surface area contributed by atoms with Gasteiger partial charge in [0.1, 0.15) is 11.6 Å². The van der Waals surface area contributed by atoms with Gasteiger partial charge in [-0.15, -0.1) is 0 Å². The van der Waals surface area contributed by atoms with Crippen LogP contribution >= 0.6 is 0 Å². The number of rotatable bonds is 3. The lowest BCUT2D eigenvalue weighted by Gasteiger charge is -2.30. The van der Waals surface area contributed by atoms with Gasteiger partial charge in [0, 0.05) is 6.20 Å². The third-order valence-corrected chi connectivity index (χ3v) is 2.35. The van der Waals surface area contributed by atoms with Gasteiger partial charge in [0.05, 0.1) is 11.3 Å². The lowest BCUT2D eigenvalue weighted by Crippen LogP contribution is -2.44. The number of aromatic nitrogens is 1. The zero-order valence-electron chi connectivity index (χ0n) is 12.1. The van der Waals surface area contributed by atoms with E-state index in [0.717, 1.165) is 0 Å². The number of carbonyl (C=O) groups excluding carboxylic acids is 1. The van der Waals surface area contributed by atoms with Gasteiger partial charge in [-0.2, -0.15) is 0 Å². The van der Waals surface area contributed by atoms with Crippen LogP contribution in [0, 0.1) is 0 Å². The molecule has 0 aliphatic heterocycles. The van der Waals surface area contributed by atoms with E-state index in [1.54, 1.807) is 59.0 Å². The first-order valence-corrected chi connectivity index (χ1v) is 6.22. The first-order valence-electron chi connectivity index (χ1n) is 6.22. The standard InChI is InChI=1S/C14H22N2O3/c1-13(2,3)19-12(17)16-11(14(4,5)18)10-8-6-7-9-15-10/h6-9,11,18H,1-5H3,(H,16,17). The minimum Gasteiger partial charge on any atom is -0.444 e. The maximum absolute atomic E-state index is 11.8. The van der Waals surface area contributed by atoms with Crippen molar-refractivity contribution in [3.63, 3.8) is 0 Å². The van der Waals surface area contributed by atoms with Gasteiger partial charge < -0.3 is 15.2 Å². The van der Waals surface area contributed by atoms with Gasteiger partial charge >= 0.3 is 6.09 Å². The van der Waals surface area contributed by atoms with Gasteiger partial charge in [0.15, 0.2) is 0 Å². The zero-order valence-corrected chi connectivity index (χ0v) is 12.1. The van der Waals surface area contributed by atoms with Crippen LogP contribution in [0.15, 0.2) is 24.4 Å². The molecular weight excluding hydrogens is 244 g/mol. The minimum atomic E-state index is -1.15. The molecule has 0 bridgehead atoms. The Kier molecular flexibility index (Phi) is 4.52. The first-order chi connectivity index (χ1) is 8.59. The van der Waals surface area contributed by atoms with Crippen LogP contribution in [0.25, 0.3) is 0 Å². The summed E-state index contributed by atoms with van der Waals surface area (Å²) >= 11 is 0. The molecule has 106 valence electrons. The number of hydrogen-bond acceptors (Lipinski definition) is 4. The van der Waals surface area contributed by atoms with Crippen molar-refractivity contribution < 1.29 is 14.6 Å². The van der Waals surface area contributed by atoms with Crippen LogP contribution in [0.4, 0.5) is 4.79 Å². The van der Waals surface area contributed by atoms with Crippen molar-refractivity contribution in [3.8, 4) is 0 Å². The molecule has 5 heteroatoms.